The second kappa shape index (κ2) is 6.26. The van der Waals surface area contributed by atoms with Gasteiger partial charge in [0.15, 0.2) is 0 Å². The van der Waals surface area contributed by atoms with E-state index >= 15 is 0 Å². The summed E-state index contributed by atoms with van der Waals surface area (Å²) in [5.74, 6) is -0.134. The minimum atomic E-state index is -4.35. The molecule has 2 aromatic rings. The Morgan fingerprint density at radius 1 is 1.17 bits per heavy atom. The molecule has 0 bridgehead atoms. The van der Waals surface area contributed by atoms with Crippen molar-refractivity contribution in [1.82, 2.24) is 9.88 Å². The lowest BCUT2D eigenvalue weighted by Gasteiger charge is -2.23. The molecule has 1 heterocycles. The van der Waals surface area contributed by atoms with Gasteiger partial charge in [0.1, 0.15) is 0 Å². The molecule has 0 spiro atoms. The smallest absolute Gasteiger partial charge is 0.331 e. The van der Waals surface area contributed by atoms with Crippen LogP contribution in [0.25, 0.3) is 0 Å². The number of nitrogens with zero attached hydrogens (tertiary/aromatic N) is 2. The molecule has 1 aromatic heterocycles. The van der Waals surface area contributed by atoms with Gasteiger partial charge in [-0.15, -0.1) is 0 Å². The predicted molar refractivity (Wildman–Crippen MR) is 83.3 cm³/mol. The van der Waals surface area contributed by atoms with Crippen LogP contribution in [0, 0.1) is 6.92 Å². The largest absolute Gasteiger partial charge is 0.416 e. The molecule has 3 rings (SSSR count). The van der Waals surface area contributed by atoms with E-state index in [2.05, 4.69) is 4.98 Å². The lowest BCUT2D eigenvalue weighted by molar-refractivity contribution is -0.137. The Kier molecular flexibility index (Phi) is 4.30. The topological polar surface area (TPSA) is 33.2 Å². The van der Waals surface area contributed by atoms with E-state index in [4.69, 9.17) is 0 Å². The molecule has 0 unspecified atom stereocenters. The van der Waals surface area contributed by atoms with Crippen molar-refractivity contribution in [3.8, 4) is 0 Å². The molecule has 3 nitrogen and oxygen atoms in total. The average molecular weight is 334 g/mol. The first-order valence-corrected chi connectivity index (χ1v) is 7.74. The fourth-order valence-electron chi connectivity index (χ4n) is 2.51. The number of alkyl halides is 3. The second-order valence-electron chi connectivity index (χ2n) is 6.05. The third kappa shape index (κ3) is 3.75. The number of hydrogen-bond acceptors (Lipinski definition) is 2. The van der Waals surface area contributed by atoms with Crippen molar-refractivity contribution in [2.45, 2.75) is 38.5 Å². The highest BCUT2D eigenvalue weighted by molar-refractivity contribution is 5.94. The molecule has 0 saturated heterocycles. The van der Waals surface area contributed by atoms with Crippen LogP contribution >= 0.6 is 0 Å². The van der Waals surface area contributed by atoms with Crippen LogP contribution in [-0.4, -0.2) is 21.8 Å². The number of halogens is 3. The lowest BCUT2D eigenvalue weighted by atomic mass is 10.1. The van der Waals surface area contributed by atoms with Crippen molar-refractivity contribution in [2.24, 2.45) is 0 Å². The Morgan fingerprint density at radius 3 is 2.33 bits per heavy atom. The van der Waals surface area contributed by atoms with E-state index in [0.29, 0.717) is 17.7 Å². The van der Waals surface area contributed by atoms with Gasteiger partial charge in [0.2, 0.25) is 0 Å². The number of carbonyl (C=O) groups is 1. The fourth-order valence-corrected chi connectivity index (χ4v) is 2.51. The SMILES string of the molecule is Cc1ccc(C(=O)N(Cc2ccc(C(F)(F)F)cc2)C2CC2)cn1. The summed E-state index contributed by atoms with van der Waals surface area (Å²) in [6.07, 6.45) is -0.963. The van der Waals surface area contributed by atoms with E-state index in [0.717, 1.165) is 30.7 Å². The molecule has 1 amide bonds. The molecule has 1 fully saturated rings. The van der Waals surface area contributed by atoms with Gasteiger partial charge in [-0.25, -0.2) is 0 Å². The van der Waals surface area contributed by atoms with E-state index < -0.39 is 11.7 Å². The quantitative estimate of drug-likeness (QED) is 0.839. The molecule has 0 atom stereocenters. The van der Waals surface area contributed by atoms with E-state index in [1.54, 1.807) is 23.2 Å². The molecule has 1 aliphatic carbocycles. The van der Waals surface area contributed by atoms with Gasteiger partial charge in [-0.2, -0.15) is 13.2 Å². The average Bonchev–Trinajstić information content (AvgIpc) is 3.37. The van der Waals surface area contributed by atoms with E-state index in [1.165, 1.54) is 12.1 Å². The zero-order valence-corrected chi connectivity index (χ0v) is 13.2. The molecule has 6 heteroatoms. The minimum absolute atomic E-state index is 0.134. The molecule has 126 valence electrons. The first-order valence-electron chi connectivity index (χ1n) is 7.74. The molecule has 0 aliphatic heterocycles. The Labute approximate surface area is 138 Å². The van der Waals surface area contributed by atoms with Crippen LogP contribution < -0.4 is 0 Å². The molecule has 1 aromatic carbocycles. The Morgan fingerprint density at radius 2 is 1.83 bits per heavy atom. The lowest BCUT2D eigenvalue weighted by Crippen LogP contribution is -2.32. The molecular weight excluding hydrogens is 317 g/mol. The maximum absolute atomic E-state index is 12.7. The standard InChI is InChI=1S/C18H17F3N2O/c1-12-2-5-14(10-22-12)17(24)23(16-8-9-16)11-13-3-6-15(7-4-13)18(19,20)21/h2-7,10,16H,8-9,11H2,1H3. The number of rotatable bonds is 4. The molecular formula is C18H17F3N2O. The third-order valence-electron chi connectivity index (χ3n) is 4.04. The maximum atomic E-state index is 12.7. The van der Waals surface area contributed by atoms with Gasteiger partial charge in [-0.05, 0) is 49.6 Å². The van der Waals surface area contributed by atoms with Crippen molar-refractivity contribution in [1.29, 1.82) is 0 Å². The van der Waals surface area contributed by atoms with Crippen LogP contribution in [0.15, 0.2) is 42.6 Å². The number of aryl methyl sites for hydroxylation is 1. The van der Waals surface area contributed by atoms with Crippen LogP contribution in [0.1, 0.15) is 40.0 Å². The summed E-state index contributed by atoms with van der Waals surface area (Å²) in [5.41, 5.74) is 1.33. The number of carbonyl (C=O) groups excluding carboxylic acids is 1. The van der Waals surface area contributed by atoms with Crippen LogP contribution in [0.2, 0.25) is 0 Å². The van der Waals surface area contributed by atoms with Gasteiger partial charge in [0.25, 0.3) is 5.91 Å². The summed E-state index contributed by atoms with van der Waals surface area (Å²) in [4.78, 5) is 18.5. The van der Waals surface area contributed by atoms with Crippen LogP contribution in [0.3, 0.4) is 0 Å². The highest BCUT2D eigenvalue weighted by atomic mass is 19.4. The summed E-state index contributed by atoms with van der Waals surface area (Å²) in [6.45, 7) is 2.14. The number of amides is 1. The molecule has 1 saturated carbocycles. The molecule has 24 heavy (non-hydrogen) atoms. The third-order valence-corrected chi connectivity index (χ3v) is 4.04. The predicted octanol–water partition coefficient (Wildman–Crippen LogP) is 4.21. The normalized spacial score (nSPS) is 14.5. The van der Waals surface area contributed by atoms with E-state index in [-0.39, 0.29) is 11.9 Å². The number of pyridine rings is 1. The first kappa shape index (κ1) is 16.5. The van der Waals surface area contributed by atoms with Crippen molar-refractivity contribution < 1.29 is 18.0 Å². The number of hydrogen-bond donors (Lipinski definition) is 0. The van der Waals surface area contributed by atoms with E-state index in [9.17, 15) is 18.0 Å². The molecule has 0 radical (unpaired) electrons. The highest BCUT2D eigenvalue weighted by Gasteiger charge is 2.34. The Bertz CT molecular complexity index is 719. The van der Waals surface area contributed by atoms with E-state index in [1.807, 2.05) is 6.92 Å². The zero-order chi connectivity index (χ0) is 17.3. The molecule has 0 N–H and O–H groups in total. The Balaban J connectivity index is 1.77. The van der Waals surface area contributed by atoms with Gasteiger partial charge in [-0.1, -0.05) is 12.1 Å². The highest BCUT2D eigenvalue weighted by Crippen LogP contribution is 2.32. The van der Waals surface area contributed by atoms with Crippen molar-refractivity contribution >= 4 is 5.91 Å². The summed E-state index contributed by atoms with van der Waals surface area (Å²) < 4.78 is 37.9. The second-order valence-corrected chi connectivity index (χ2v) is 6.05. The van der Waals surface area contributed by atoms with Crippen LogP contribution in [0.4, 0.5) is 13.2 Å². The summed E-state index contributed by atoms with van der Waals surface area (Å²) in [7, 11) is 0. The van der Waals surface area contributed by atoms with Gasteiger partial charge < -0.3 is 4.90 Å². The first-order chi connectivity index (χ1) is 11.3. The monoisotopic (exact) mass is 334 g/mol. The number of aromatic nitrogens is 1. The van der Waals surface area contributed by atoms with Crippen LogP contribution in [-0.2, 0) is 12.7 Å². The minimum Gasteiger partial charge on any atom is -0.331 e. The maximum Gasteiger partial charge on any atom is 0.416 e. The van der Waals surface area contributed by atoms with Crippen LogP contribution in [0.5, 0.6) is 0 Å². The van der Waals surface area contributed by atoms with Gasteiger partial charge >= 0.3 is 6.18 Å². The molecule has 1 aliphatic rings. The summed E-state index contributed by atoms with van der Waals surface area (Å²) >= 11 is 0. The van der Waals surface area contributed by atoms with Gasteiger partial charge in [0.05, 0.1) is 11.1 Å². The Hall–Kier alpha value is -2.37. The fraction of sp³-hybridized carbons (Fsp3) is 0.333. The number of benzene rings is 1. The van der Waals surface area contributed by atoms with Crippen molar-refractivity contribution in [3.63, 3.8) is 0 Å². The van der Waals surface area contributed by atoms with Gasteiger partial charge in [-0.3, -0.25) is 9.78 Å². The van der Waals surface area contributed by atoms with Crippen molar-refractivity contribution in [3.05, 3.63) is 65.0 Å². The zero-order valence-electron chi connectivity index (χ0n) is 13.2. The summed E-state index contributed by atoms with van der Waals surface area (Å²) in [6, 6.07) is 8.62. The van der Waals surface area contributed by atoms with Gasteiger partial charge in [0, 0.05) is 24.5 Å². The summed E-state index contributed by atoms with van der Waals surface area (Å²) in [5, 5.41) is 0. The van der Waals surface area contributed by atoms with Crippen molar-refractivity contribution in [2.75, 3.05) is 0 Å².